The second-order valence-corrected chi connectivity index (χ2v) is 7.88. The summed E-state index contributed by atoms with van der Waals surface area (Å²) in [5, 5.41) is 10.3. The number of carbonyl (C=O) groups excluding carboxylic acids is 2. The highest BCUT2D eigenvalue weighted by Gasteiger charge is 2.11. The number of para-hydroxylation sites is 1. The lowest BCUT2D eigenvalue weighted by Crippen LogP contribution is -2.14. The van der Waals surface area contributed by atoms with Gasteiger partial charge in [0.1, 0.15) is 0 Å². The van der Waals surface area contributed by atoms with Gasteiger partial charge in [0, 0.05) is 35.1 Å². The Labute approximate surface area is 183 Å². The van der Waals surface area contributed by atoms with Crippen LogP contribution in [0.15, 0.2) is 60.7 Å². The quantitative estimate of drug-likeness (QED) is 0.525. The smallest absolute Gasteiger partial charge is 0.248 e. The fraction of sp³-hybridized carbons (Fsp3) is 0.240. The predicted octanol–water partition coefficient (Wildman–Crippen LogP) is 5.13. The van der Waals surface area contributed by atoms with Gasteiger partial charge in [0.15, 0.2) is 0 Å². The van der Waals surface area contributed by atoms with E-state index in [1.165, 1.54) is 6.08 Å². The molecule has 0 unspecified atom stereocenters. The van der Waals surface area contributed by atoms with Gasteiger partial charge in [-0.3, -0.25) is 9.59 Å². The molecule has 160 valence electrons. The number of nitrogens with zero attached hydrogens (tertiary/aromatic N) is 2. The first-order chi connectivity index (χ1) is 14.8. The Bertz CT molecular complexity index is 1080. The second kappa shape index (κ2) is 9.89. The number of benzene rings is 2. The molecule has 0 aliphatic rings. The Balaban J connectivity index is 1.63. The Morgan fingerprint density at radius 3 is 2.19 bits per heavy atom. The number of anilines is 2. The molecule has 0 aliphatic heterocycles. The zero-order chi connectivity index (χ0) is 22.4. The first kappa shape index (κ1) is 22.0. The molecule has 0 spiro atoms. The lowest BCUT2D eigenvalue weighted by molar-refractivity contribution is -0.117. The molecular formula is C25H28N4O2. The van der Waals surface area contributed by atoms with Crippen LogP contribution in [0.3, 0.4) is 0 Å². The molecule has 31 heavy (non-hydrogen) atoms. The van der Waals surface area contributed by atoms with E-state index in [9.17, 15) is 9.59 Å². The molecule has 0 saturated carbocycles. The molecule has 1 aromatic heterocycles. The van der Waals surface area contributed by atoms with Crippen LogP contribution in [0.2, 0.25) is 0 Å². The van der Waals surface area contributed by atoms with E-state index >= 15 is 0 Å². The van der Waals surface area contributed by atoms with E-state index in [-0.39, 0.29) is 11.8 Å². The van der Waals surface area contributed by atoms with Crippen LogP contribution in [0.25, 0.3) is 11.8 Å². The van der Waals surface area contributed by atoms with Gasteiger partial charge < -0.3 is 10.6 Å². The minimum Gasteiger partial charge on any atom is -0.326 e. The van der Waals surface area contributed by atoms with Crippen molar-refractivity contribution in [1.82, 2.24) is 9.78 Å². The van der Waals surface area contributed by atoms with Gasteiger partial charge >= 0.3 is 0 Å². The highest BCUT2D eigenvalue weighted by molar-refractivity contribution is 6.02. The Kier molecular flexibility index (Phi) is 7.03. The fourth-order valence-electron chi connectivity index (χ4n) is 3.28. The van der Waals surface area contributed by atoms with Gasteiger partial charge in [0.2, 0.25) is 11.8 Å². The first-order valence-corrected chi connectivity index (χ1v) is 10.3. The van der Waals surface area contributed by atoms with E-state index < -0.39 is 0 Å². The highest BCUT2D eigenvalue weighted by atomic mass is 16.2. The summed E-state index contributed by atoms with van der Waals surface area (Å²) in [5.74, 6) is 0.0526. The normalized spacial score (nSPS) is 11.1. The molecule has 2 N–H and O–H groups in total. The average Bonchev–Trinajstić information content (AvgIpc) is 3.01. The second-order valence-electron chi connectivity index (χ2n) is 7.88. The van der Waals surface area contributed by atoms with Crippen LogP contribution in [0.5, 0.6) is 0 Å². The molecular weight excluding hydrogens is 388 g/mol. The SMILES string of the molecule is Cc1nn(-c2ccccc2)c(C)c1/C=C/C(=O)Nc1ccc(NC(=O)CC(C)C)cc1. The molecule has 0 saturated heterocycles. The zero-order valence-corrected chi connectivity index (χ0v) is 18.3. The lowest BCUT2D eigenvalue weighted by Gasteiger charge is -2.08. The molecule has 6 heteroatoms. The van der Waals surface area contributed by atoms with Crippen molar-refractivity contribution in [2.24, 2.45) is 5.92 Å². The van der Waals surface area contributed by atoms with Crippen LogP contribution in [0.4, 0.5) is 11.4 Å². The van der Waals surface area contributed by atoms with E-state index in [0.29, 0.717) is 23.7 Å². The fourth-order valence-corrected chi connectivity index (χ4v) is 3.28. The zero-order valence-electron chi connectivity index (χ0n) is 18.3. The number of carbonyl (C=O) groups is 2. The summed E-state index contributed by atoms with van der Waals surface area (Å²) in [4.78, 5) is 24.2. The van der Waals surface area contributed by atoms with E-state index in [2.05, 4.69) is 15.7 Å². The monoisotopic (exact) mass is 416 g/mol. The molecule has 3 aromatic rings. The van der Waals surface area contributed by atoms with Gasteiger partial charge in [0.05, 0.1) is 11.4 Å². The van der Waals surface area contributed by atoms with Crippen LogP contribution in [-0.4, -0.2) is 21.6 Å². The number of amides is 2. The number of hydrogen-bond acceptors (Lipinski definition) is 3. The third-order valence-electron chi connectivity index (χ3n) is 4.78. The van der Waals surface area contributed by atoms with Crippen LogP contribution >= 0.6 is 0 Å². The first-order valence-electron chi connectivity index (χ1n) is 10.3. The predicted molar refractivity (Wildman–Crippen MR) is 125 cm³/mol. The van der Waals surface area contributed by atoms with Gasteiger partial charge in [-0.05, 0) is 62.2 Å². The molecule has 2 amide bonds. The molecule has 3 rings (SSSR count). The minimum atomic E-state index is -0.233. The third kappa shape index (κ3) is 5.92. The lowest BCUT2D eigenvalue weighted by atomic mass is 10.1. The van der Waals surface area contributed by atoms with Crippen molar-refractivity contribution >= 4 is 29.3 Å². The number of nitrogens with one attached hydrogen (secondary N) is 2. The summed E-state index contributed by atoms with van der Waals surface area (Å²) >= 11 is 0. The molecule has 0 fully saturated rings. The molecule has 0 aliphatic carbocycles. The van der Waals surface area contributed by atoms with Crippen LogP contribution in [0.1, 0.15) is 37.2 Å². The Morgan fingerprint density at radius 2 is 1.58 bits per heavy atom. The van der Waals surface area contributed by atoms with Crippen molar-refractivity contribution in [3.8, 4) is 5.69 Å². The number of aryl methyl sites for hydroxylation is 1. The number of rotatable bonds is 7. The summed E-state index contributed by atoms with van der Waals surface area (Å²) < 4.78 is 1.87. The number of aromatic nitrogens is 2. The van der Waals surface area contributed by atoms with Gasteiger partial charge in [-0.2, -0.15) is 5.10 Å². The van der Waals surface area contributed by atoms with Crippen molar-refractivity contribution in [3.05, 3.63) is 77.6 Å². The third-order valence-corrected chi connectivity index (χ3v) is 4.78. The average molecular weight is 417 g/mol. The summed E-state index contributed by atoms with van der Waals surface area (Å²) in [7, 11) is 0. The van der Waals surface area contributed by atoms with E-state index in [4.69, 9.17) is 0 Å². The molecule has 6 nitrogen and oxygen atoms in total. The van der Waals surface area contributed by atoms with Gasteiger partial charge in [-0.1, -0.05) is 32.0 Å². The van der Waals surface area contributed by atoms with Crippen molar-refractivity contribution in [2.75, 3.05) is 10.6 Å². The molecule has 0 atom stereocenters. The van der Waals surface area contributed by atoms with Crippen LogP contribution < -0.4 is 10.6 Å². The van der Waals surface area contributed by atoms with Gasteiger partial charge in [-0.25, -0.2) is 4.68 Å². The molecule has 0 bridgehead atoms. The van der Waals surface area contributed by atoms with Gasteiger partial charge in [-0.15, -0.1) is 0 Å². The largest absolute Gasteiger partial charge is 0.326 e. The molecule has 2 aromatic carbocycles. The highest BCUT2D eigenvalue weighted by Crippen LogP contribution is 2.19. The van der Waals surface area contributed by atoms with E-state index in [0.717, 1.165) is 22.6 Å². The van der Waals surface area contributed by atoms with Crippen molar-refractivity contribution < 1.29 is 9.59 Å². The maximum absolute atomic E-state index is 12.4. The van der Waals surface area contributed by atoms with E-state index in [1.807, 2.05) is 62.7 Å². The van der Waals surface area contributed by atoms with Crippen molar-refractivity contribution in [3.63, 3.8) is 0 Å². The number of hydrogen-bond donors (Lipinski definition) is 2. The van der Waals surface area contributed by atoms with E-state index in [1.54, 1.807) is 30.3 Å². The topological polar surface area (TPSA) is 76.0 Å². The Morgan fingerprint density at radius 1 is 0.968 bits per heavy atom. The summed E-state index contributed by atoms with van der Waals surface area (Å²) in [6, 6.07) is 17.0. The standard InChI is InChI=1S/C25H28N4O2/c1-17(2)16-25(31)27-21-12-10-20(11-13-21)26-24(30)15-14-23-18(3)28-29(19(23)4)22-8-6-5-7-9-22/h5-15,17H,16H2,1-4H3,(H,26,30)(H,27,31)/b15-14+. The van der Waals surface area contributed by atoms with Crippen molar-refractivity contribution in [1.29, 1.82) is 0 Å². The van der Waals surface area contributed by atoms with Gasteiger partial charge in [0.25, 0.3) is 0 Å². The Hall–Kier alpha value is -3.67. The van der Waals surface area contributed by atoms with Crippen molar-refractivity contribution in [2.45, 2.75) is 34.1 Å². The maximum atomic E-state index is 12.4. The minimum absolute atomic E-state index is 0.0171. The summed E-state index contributed by atoms with van der Waals surface area (Å²) in [6.07, 6.45) is 3.76. The van der Waals surface area contributed by atoms with Crippen LogP contribution in [0, 0.1) is 19.8 Å². The summed E-state index contributed by atoms with van der Waals surface area (Å²) in [5.41, 5.74) is 5.08. The molecule has 1 heterocycles. The maximum Gasteiger partial charge on any atom is 0.248 e. The van der Waals surface area contributed by atoms with Crippen LogP contribution in [-0.2, 0) is 9.59 Å². The molecule has 0 radical (unpaired) electrons. The summed E-state index contributed by atoms with van der Waals surface area (Å²) in [6.45, 7) is 7.91.